The Hall–Kier alpha value is -2.34. The molecule has 6 heteroatoms. The molecule has 2 aromatic rings. The van der Waals surface area contributed by atoms with Crippen LogP contribution in [0.2, 0.25) is 0 Å². The first-order chi connectivity index (χ1) is 10.6. The number of aromatic nitrogens is 1. The maximum absolute atomic E-state index is 12.1. The van der Waals surface area contributed by atoms with Crippen LogP contribution in [-0.4, -0.2) is 29.2 Å². The van der Waals surface area contributed by atoms with E-state index >= 15 is 0 Å². The van der Waals surface area contributed by atoms with Crippen molar-refractivity contribution in [2.45, 2.75) is 18.1 Å². The number of pyridine rings is 1. The van der Waals surface area contributed by atoms with Crippen molar-refractivity contribution in [3.63, 3.8) is 0 Å². The van der Waals surface area contributed by atoms with Crippen molar-refractivity contribution in [1.82, 2.24) is 4.98 Å². The lowest BCUT2D eigenvalue weighted by Crippen LogP contribution is -2.30. The number of benzene rings is 1. The number of esters is 1. The molecule has 5 nitrogen and oxygen atoms in total. The Morgan fingerprint density at radius 1 is 1.18 bits per heavy atom. The zero-order valence-electron chi connectivity index (χ0n) is 12.3. The van der Waals surface area contributed by atoms with Gasteiger partial charge in [0.15, 0.2) is 6.10 Å². The number of anilines is 1. The van der Waals surface area contributed by atoms with Gasteiger partial charge >= 0.3 is 5.97 Å². The quantitative estimate of drug-likeness (QED) is 0.678. The van der Waals surface area contributed by atoms with Crippen molar-refractivity contribution in [2.24, 2.45) is 0 Å². The summed E-state index contributed by atoms with van der Waals surface area (Å²) in [6.45, 7) is 1.53. The summed E-state index contributed by atoms with van der Waals surface area (Å²) in [4.78, 5) is 28.3. The second-order valence-electron chi connectivity index (χ2n) is 4.46. The second-order valence-corrected chi connectivity index (χ2v) is 5.26. The van der Waals surface area contributed by atoms with E-state index < -0.39 is 12.1 Å². The van der Waals surface area contributed by atoms with E-state index in [2.05, 4.69) is 10.3 Å². The van der Waals surface area contributed by atoms with Gasteiger partial charge in [0.1, 0.15) is 5.03 Å². The molecule has 1 aromatic carbocycles. The fourth-order valence-electron chi connectivity index (χ4n) is 1.75. The summed E-state index contributed by atoms with van der Waals surface area (Å²) in [6.07, 6.45) is 2.53. The Bertz CT molecular complexity index is 661. The standard InChI is InChI=1S/C16H16N2O3S/c1-11(14(19)18-12-7-4-3-5-8-12)21-16(20)13-9-6-10-17-15(13)22-2/h3-11H,1-2H3,(H,18,19)/t11-/m0/s1. The molecule has 0 saturated heterocycles. The van der Waals surface area contributed by atoms with E-state index in [1.807, 2.05) is 24.5 Å². The van der Waals surface area contributed by atoms with Crippen molar-refractivity contribution in [3.8, 4) is 0 Å². The van der Waals surface area contributed by atoms with Crippen LogP contribution >= 0.6 is 11.8 Å². The van der Waals surface area contributed by atoms with Gasteiger partial charge < -0.3 is 10.1 Å². The molecule has 0 fully saturated rings. The highest BCUT2D eigenvalue weighted by atomic mass is 32.2. The number of ether oxygens (including phenoxy) is 1. The first-order valence-corrected chi connectivity index (χ1v) is 7.90. The summed E-state index contributed by atoms with van der Waals surface area (Å²) in [7, 11) is 0. The van der Waals surface area contributed by atoms with Gasteiger partial charge in [-0.3, -0.25) is 4.79 Å². The van der Waals surface area contributed by atoms with Gasteiger partial charge in [-0.2, -0.15) is 0 Å². The molecule has 0 radical (unpaired) electrons. The number of amides is 1. The van der Waals surface area contributed by atoms with Crippen molar-refractivity contribution >= 4 is 29.3 Å². The van der Waals surface area contributed by atoms with Crippen LogP contribution in [0.3, 0.4) is 0 Å². The van der Waals surface area contributed by atoms with E-state index in [0.29, 0.717) is 16.3 Å². The van der Waals surface area contributed by atoms with E-state index in [-0.39, 0.29) is 5.91 Å². The first kappa shape index (κ1) is 16.0. The van der Waals surface area contributed by atoms with Crippen LogP contribution in [0.4, 0.5) is 5.69 Å². The highest BCUT2D eigenvalue weighted by molar-refractivity contribution is 7.98. The number of para-hydroxylation sites is 1. The summed E-state index contributed by atoms with van der Waals surface area (Å²) in [5.74, 6) is -0.942. The summed E-state index contributed by atoms with van der Waals surface area (Å²) in [6, 6.07) is 12.3. The van der Waals surface area contributed by atoms with E-state index in [0.717, 1.165) is 0 Å². The third kappa shape index (κ3) is 4.08. The third-order valence-electron chi connectivity index (χ3n) is 2.88. The lowest BCUT2D eigenvalue weighted by Gasteiger charge is -2.14. The summed E-state index contributed by atoms with van der Waals surface area (Å²) in [5, 5.41) is 3.26. The fourth-order valence-corrected chi connectivity index (χ4v) is 2.29. The number of carbonyl (C=O) groups excluding carboxylic acids is 2. The molecule has 0 saturated carbocycles. The van der Waals surface area contributed by atoms with Gasteiger partial charge in [0.25, 0.3) is 5.91 Å². The minimum absolute atomic E-state index is 0.356. The molecule has 114 valence electrons. The SMILES string of the molecule is CSc1ncccc1C(=O)O[C@@H](C)C(=O)Nc1ccccc1. The number of hydrogen-bond donors (Lipinski definition) is 1. The summed E-state index contributed by atoms with van der Waals surface area (Å²) < 4.78 is 5.21. The Balaban J connectivity index is 2.00. The third-order valence-corrected chi connectivity index (χ3v) is 3.59. The number of nitrogens with one attached hydrogen (secondary N) is 1. The number of thioether (sulfide) groups is 1. The smallest absolute Gasteiger partial charge is 0.341 e. The van der Waals surface area contributed by atoms with Gasteiger partial charge in [-0.15, -0.1) is 11.8 Å². The van der Waals surface area contributed by atoms with Crippen LogP contribution in [0.15, 0.2) is 53.7 Å². The molecular formula is C16H16N2O3S. The van der Waals surface area contributed by atoms with Crippen LogP contribution in [-0.2, 0) is 9.53 Å². The Morgan fingerprint density at radius 3 is 2.59 bits per heavy atom. The summed E-state index contributed by atoms with van der Waals surface area (Å²) >= 11 is 1.35. The Morgan fingerprint density at radius 2 is 1.91 bits per heavy atom. The molecular weight excluding hydrogens is 300 g/mol. The number of carbonyl (C=O) groups is 2. The maximum atomic E-state index is 12.1. The topological polar surface area (TPSA) is 68.3 Å². The van der Waals surface area contributed by atoms with Gasteiger partial charge in [-0.05, 0) is 37.4 Å². The largest absolute Gasteiger partial charge is 0.449 e. The van der Waals surface area contributed by atoms with E-state index in [9.17, 15) is 9.59 Å². The van der Waals surface area contributed by atoms with Crippen LogP contribution < -0.4 is 5.32 Å². The number of rotatable bonds is 5. The van der Waals surface area contributed by atoms with Crippen molar-refractivity contribution in [2.75, 3.05) is 11.6 Å². The molecule has 0 aliphatic rings. The fraction of sp³-hybridized carbons (Fsp3) is 0.188. The minimum atomic E-state index is -0.900. The van der Waals surface area contributed by atoms with Crippen LogP contribution in [0.25, 0.3) is 0 Å². The lowest BCUT2D eigenvalue weighted by atomic mass is 10.2. The van der Waals surface area contributed by atoms with E-state index in [1.165, 1.54) is 18.7 Å². The predicted octanol–water partition coefficient (Wildman–Crippen LogP) is 2.99. The van der Waals surface area contributed by atoms with Gasteiger partial charge in [0.2, 0.25) is 0 Å². The average Bonchev–Trinajstić information content (AvgIpc) is 2.55. The molecule has 22 heavy (non-hydrogen) atoms. The monoisotopic (exact) mass is 316 g/mol. The molecule has 1 atom stereocenters. The molecule has 1 aromatic heterocycles. The molecule has 2 rings (SSSR count). The predicted molar refractivity (Wildman–Crippen MR) is 86.0 cm³/mol. The normalized spacial score (nSPS) is 11.5. The zero-order valence-corrected chi connectivity index (χ0v) is 13.1. The lowest BCUT2D eigenvalue weighted by molar-refractivity contribution is -0.123. The molecule has 0 aliphatic carbocycles. The highest BCUT2D eigenvalue weighted by Crippen LogP contribution is 2.18. The molecule has 0 unspecified atom stereocenters. The zero-order chi connectivity index (χ0) is 15.9. The van der Waals surface area contributed by atoms with Gasteiger partial charge in [0.05, 0.1) is 5.56 Å². The number of hydrogen-bond acceptors (Lipinski definition) is 5. The average molecular weight is 316 g/mol. The Labute approximate surface area is 133 Å². The molecule has 0 aliphatic heterocycles. The highest BCUT2D eigenvalue weighted by Gasteiger charge is 2.21. The van der Waals surface area contributed by atoms with Crippen LogP contribution in [0.5, 0.6) is 0 Å². The minimum Gasteiger partial charge on any atom is -0.449 e. The van der Waals surface area contributed by atoms with E-state index in [1.54, 1.807) is 30.5 Å². The summed E-state index contributed by atoms with van der Waals surface area (Å²) in [5.41, 5.74) is 1.01. The molecule has 1 amide bonds. The molecule has 1 N–H and O–H groups in total. The Kier molecular flexibility index (Phi) is 5.55. The van der Waals surface area contributed by atoms with Crippen molar-refractivity contribution in [1.29, 1.82) is 0 Å². The number of nitrogens with zero attached hydrogens (tertiary/aromatic N) is 1. The van der Waals surface area contributed by atoms with E-state index in [4.69, 9.17) is 4.74 Å². The van der Waals surface area contributed by atoms with Gasteiger partial charge in [-0.25, -0.2) is 9.78 Å². The first-order valence-electron chi connectivity index (χ1n) is 6.67. The van der Waals surface area contributed by atoms with Gasteiger partial charge in [0, 0.05) is 11.9 Å². The van der Waals surface area contributed by atoms with Crippen molar-refractivity contribution in [3.05, 3.63) is 54.2 Å². The van der Waals surface area contributed by atoms with Gasteiger partial charge in [-0.1, -0.05) is 18.2 Å². The molecule has 1 heterocycles. The van der Waals surface area contributed by atoms with Crippen LogP contribution in [0.1, 0.15) is 17.3 Å². The van der Waals surface area contributed by atoms with Crippen LogP contribution in [0, 0.1) is 0 Å². The second kappa shape index (κ2) is 7.61. The molecule has 0 bridgehead atoms. The van der Waals surface area contributed by atoms with Crippen molar-refractivity contribution < 1.29 is 14.3 Å². The molecule has 0 spiro atoms. The maximum Gasteiger partial charge on any atom is 0.341 e.